The number of nitrogens with zero attached hydrogens (tertiary/aromatic N) is 2. The Balaban J connectivity index is 1.62. The molecule has 4 amide bonds. The molecule has 1 aliphatic carbocycles. The van der Waals surface area contributed by atoms with Gasteiger partial charge in [0.25, 0.3) is 0 Å². The highest BCUT2D eigenvalue weighted by molar-refractivity contribution is 6.44. The molecule has 2 aliphatic rings. The van der Waals surface area contributed by atoms with Crippen LogP contribution >= 0.6 is 0 Å². The molecular weight excluding hydrogens is 327 g/mol. The van der Waals surface area contributed by atoms with E-state index in [0.29, 0.717) is 5.75 Å². The molecule has 1 aromatic rings. The molecule has 1 saturated carbocycles. The van der Waals surface area contributed by atoms with E-state index in [0.717, 1.165) is 35.5 Å². The number of rotatable bonds is 5. The first kappa shape index (κ1) is 17.4. The van der Waals surface area contributed by atoms with Gasteiger partial charge in [-0.25, -0.2) is 9.18 Å². The number of benzene rings is 1. The number of imide groups is 2. The normalized spacial score (nSPS) is 24.2. The number of hydrogen-bond acceptors (Lipinski definition) is 4. The van der Waals surface area contributed by atoms with Crippen LogP contribution in [0.2, 0.25) is 0 Å². The fourth-order valence-corrected chi connectivity index (χ4v) is 3.48. The SMILES string of the molecule is C[C@@H]1CCCC[C@@H]1N1C(=O)C(=O)N(CCOc2ccc(F)cc2)C1=O. The lowest BCUT2D eigenvalue weighted by Gasteiger charge is -2.34. The molecule has 1 heterocycles. The van der Waals surface area contributed by atoms with Gasteiger partial charge in [-0.1, -0.05) is 19.8 Å². The van der Waals surface area contributed by atoms with Gasteiger partial charge in [0.2, 0.25) is 0 Å². The maximum absolute atomic E-state index is 12.9. The van der Waals surface area contributed by atoms with Gasteiger partial charge in [0.15, 0.2) is 0 Å². The van der Waals surface area contributed by atoms with Crippen LogP contribution < -0.4 is 4.74 Å². The summed E-state index contributed by atoms with van der Waals surface area (Å²) in [7, 11) is 0. The molecule has 7 heteroatoms. The van der Waals surface area contributed by atoms with Crippen molar-refractivity contribution in [1.82, 2.24) is 9.80 Å². The third-order valence-electron chi connectivity index (χ3n) is 4.88. The van der Waals surface area contributed by atoms with E-state index >= 15 is 0 Å². The van der Waals surface area contributed by atoms with Crippen LogP contribution in [0.1, 0.15) is 32.6 Å². The minimum Gasteiger partial charge on any atom is -0.492 e. The van der Waals surface area contributed by atoms with Crippen molar-refractivity contribution >= 4 is 17.8 Å². The quantitative estimate of drug-likeness (QED) is 0.606. The molecule has 0 N–H and O–H groups in total. The monoisotopic (exact) mass is 348 g/mol. The zero-order valence-corrected chi connectivity index (χ0v) is 14.1. The van der Waals surface area contributed by atoms with Gasteiger partial charge in [-0.15, -0.1) is 0 Å². The molecule has 2 atom stereocenters. The summed E-state index contributed by atoms with van der Waals surface area (Å²) in [5, 5.41) is 0. The molecule has 6 nitrogen and oxygen atoms in total. The summed E-state index contributed by atoms with van der Waals surface area (Å²) < 4.78 is 18.3. The summed E-state index contributed by atoms with van der Waals surface area (Å²) >= 11 is 0. The highest BCUT2D eigenvalue weighted by atomic mass is 19.1. The molecular formula is C18H21FN2O4. The highest BCUT2D eigenvalue weighted by Gasteiger charge is 2.48. The Labute approximate surface area is 145 Å². The van der Waals surface area contributed by atoms with Gasteiger partial charge in [-0.05, 0) is 43.0 Å². The van der Waals surface area contributed by atoms with Crippen molar-refractivity contribution in [2.24, 2.45) is 5.92 Å². The minimum absolute atomic E-state index is 0.0155. The van der Waals surface area contributed by atoms with Gasteiger partial charge in [0.05, 0.1) is 6.54 Å². The number of urea groups is 1. The Morgan fingerprint density at radius 1 is 1.08 bits per heavy atom. The second-order valence-corrected chi connectivity index (χ2v) is 6.55. The van der Waals surface area contributed by atoms with E-state index in [1.165, 1.54) is 24.3 Å². The van der Waals surface area contributed by atoms with Gasteiger partial charge in [0, 0.05) is 6.04 Å². The van der Waals surface area contributed by atoms with Crippen molar-refractivity contribution in [2.45, 2.75) is 38.6 Å². The van der Waals surface area contributed by atoms with Crippen molar-refractivity contribution < 1.29 is 23.5 Å². The second kappa shape index (κ2) is 7.21. The number of ether oxygens (including phenoxy) is 1. The summed E-state index contributed by atoms with van der Waals surface area (Å²) in [6.07, 6.45) is 3.72. The van der Waals surface area contributed by atoms with E-state index < -0.39 is 17.8 Å². The Morgan fingerprint density at radius 3 is 2.44 bits per heavy atom. The Morgan fingerprint density at radius 2 is 1.76 bits per heavy atom. The van der Waals surface area contributed by atoms with Gasteiger partial charge >= 0.3 is 17.8 Å². The zero-order valence-electron chi connectivity index (χ0n) is 14.1. The fourth-order valence-electron chi connectivity index (χ4n) is 3.48. The van der Waals surface area contributed by atoms with Crippen LogP contribution in [0.3, 0.4) is 0 Å². The average Bonchev–Trinajstić information content (AvgIpc) is 2.81. The molecule has 1 saturated heterocycles. The first-order chi connectivity index (χ1) is 12.0. The summed E-state index contributed by atoms with van der Waals surface area (Å²) in [6.45, 7) is 2.04. The summed E-state index contributed by atoms with van der Waals surface area (Å²) in [4.78, 5) is 39.1. The van der Waals surface area contributed by atoms with Crippen molar-refractivity contribution in [1.29, 1.82) is 0 Å². The smallest absolute Gasteiger partial charge is 0.334 e. The molecule has 1 aliphatic heterocycles. The van der Waals surface area contributed by atoms with Crippen molar-refractivity contribution in [3.05, 3.63) is 30.1 Å². The largest absolute Gasteiger partial charge is 0.492 e. The van der Waals surface area contributed by atoms with E-state index in [1.807, 2.05) is 6.92 Å². The van der Waals surface area contributed by atoms with Crippen LogP contribution in [0.5, 0.6) is 5.75 Å². The second-order valence-electron chi connectivity index (χ2n) is 6.55. The van der Waals surface area contributed by atoms with Crippen LogP contribution in [0.15, 0.2) is 24.3 Å². The zero-order chi connectivity index (χ0) is 18.0. The van der Waals surface area contributed by atoms with Crippen LogP contribution in [0.25, 0.3) is 0 Å². The van der Waals surface area contributed by atoms with Gasteiger partial charge in [-0.3, -0.25) is 19.4 Å². The highest BCUT2D eigenvalue weighted by Crippen LogP contribution is 2.31. The van der Waals surface area contributed by atoms with E-state index in [-0.39, 0.29) is 30.9 Å². The Hall–Kier alpha value is -2.44. The molecule has 0 spiro atoms. The summed E-state index contributed by atoms with van der Waals surface area (Å²) in [5.41, 5.74) is 0. The molecule has 3 rings (SSSR count). The lowest BCUT2D eigenvalue weighted by Crippen LogP contribution is -2.46. The predicted octanol–water partition coefficient (Wildman–Crippen LogP) is 2.57. The molecule has 2 fully saturated rings. The van der Waals surface area contributed by atoms with E-state index in [1.54, 1.807) is 0 Å². The van der Waals surface area contributed by atoms with E-state index in [4.69, 9.17) is 4.74 Å². The maximum Gasteiger partial charge on any atom is 0.334 e. The van der Waals surface area contributed by atoms with Crippen molar-refractivity contribution in [3.63, 3.8) is 0 Å². The number of amides is 4. The standard InChI is InChI=1S/C18H21FN2O4/c1-12-4-2-3-5-15(12)21-17(23)16(22)20(18(21)24)10-11-25-14-8-6-13(19)7-9-14/h6-9,12,15H,2-5,10-11H2,1H3/t12-,15+/m1/s1. The number of halogens is 1. The number of carbonyl (C=O) groups is 3. The van der Waals surface area contributed by atoms with Crippen LogP contribution in [-0.4, -0.2) is 46.8 Å². The first-order valence-corrected chi connectivity index (χ1v) is 8.56. The summed E-state index contributed by atoms with van der Waals surface area (Å²) in [5.74, 6) is -1.29. The molecule has 1 aromatic carbocycles. The van der Waals surface area contributed by atoms with Gasteiger partial charge in [0.1, 0.15) is 18.2 Å². The van der Waals surface area contributed by atoms with Gasteiger partial charge < -0.3 is 4.74 Å². The third-order valence-corrected chi connectivity index (χ3v) is 4.88. The van der Waals surface area contributed by atoms with Crippen molar-refractivity contribution in [3.8, 4) is 5.75 Å². The molecule has 134 valence electrons. The van der Waals surface area contributed by atoms with E-state index in [2.05, 4.69) is 0 Å². The molecule has 0 unspecified atom stereocenters. The number of carbonyl (C=O) groups excluding carboxylic acids is 3. The van der Waals surface area contributed by atoms with E-state index in [9.17, 15) is 18.8 Å². The Bertz CT molecular complexity index is 676. The molecule has 0 radical (unpaired) electrons. The first-order valence-electron chi connectivity index (χ1n) is 8.56. The topological polar surface area (TPSA) is 66.9 Å². The molecule has 25 heavy (non-hydrogen) atoms. The fraction of sp³-hybridized carbons (Fsp3) is 0.500. The average molecular weight is 348 g/mol. The molecule has 0 aromatic heterocycles. The lowest BCUT2D eigenvalue weighted by atomic mass is 9.85. The maximum atomic E-state index is 12.9. The predicted molar refractivity (Wildman–Crippen MR) is 87.3 cm³/mol. The summed E-state index contributed by atoms with van der Waals surface area (Å²) in [6, 6.07) is 4.68. The van der Waals surface area contributed by atoms with Crippen LogP contribution in [-0.2, 0) is 9.59 Å². The Kier molecular flexibility index (Phi) is 5.01. The lowest BCUT2D eigenvalue weighted by molar-refractivity contribution is -0.144. The van der Waals surface area contributed by atoms with Gasteiger partial charge in [-0.2, -0.15) is 0 Å². The molecule has 0 bridgehead atoms. The minimum atomic E-state index is -0.800. The third kappa shape index (κ3) is 3.50. The van der Waals surface area contributed by atoms with Crippen LogP contribution in [0.4, 0.5) is 9.18 Å². The van der Waals surface area contributed by atoms with Crippen molar-refractivity contribution in [2.75, 3.05) is 13.2 Å². The number of hydrogen-bond donors (Lipinski definition) is 0. The van der Waals surface area contributed by atoms with Crippen LogP contribution in [0, 0.1) is 11.7 Å².